The number of hydrogen-bond acceptors (Lipinski definition) is 3. The maximum Gasteiger partial charge on any atom is 0.119 e. The van der Waals surface area contributed by atoms with Crippen LogP contribution in [0.3, 0.4) is 0 Å². The molecule has 3 aromatic rings. The van der Waals surface area contributed by atoms with E-state index in [1.54, 1.807) is 18.3 Å². The van der Waals surface area contributed by atoms with Crippen molar-refractivity contribution in [3.05, 3.63) is 66.5 Å². The normalized spacial score (nSPS) is 10.6. The van der Waals surface area contributed by atoms with Crippen molar-refractivity contribution < 1.29 is 9.84 Å². The molecule has 3 nitrogen and oxygen atoms in total. The fourth-order valence-corrected chi connectivity index (χ4v) is 2.13. The van der Waals surface area contributed by atoms with Gasteiger partial charge in [-0.3, -0.25) is 4.98 Å². The summed E-state index contributed by atoms with van der Waals surface area (Å²) in [7, 11) is 0. The summed E-state index contributed by atoms with van der Waals surface area (Å²) in [5, 5.41) is 11.6. The Bertz CT molecular complexity index is 711. The Kier molecular flexibility index (Phi) is 3.50. The van der Waals surface area contributed by atoms with Crippen LogP contribution in [-0.4, -0.2) is 16.7 Å². The first-order valence-electron chi connectivity index (χ1n) is 6.56. The van der Waals surface area contributed by atoms with Gasteiger partial charge in [0.1, 0.15) is 11.5 Å². The van der Waals surface area contributed by atoms with Gasteiger partial charge in [-0.1, -0.05) is 18.2 Å². The molecule has 0 amide bonds. The first kappa shape index (κ1) is 12.5. The average Bonchev–Trinajstić information content (AvgIpc) is 2.48. The number of ether oxygens (including phenoxy) is 1. The molecule has 2 aromatic carbocycles. The Morgan fingerprint density at radius 1 is 1.00 bits per heavy atom. The van der Waals surface area contributed by atoms with Gasteiger partial charge in [-0.15, -0.1) is 0 Å². The Balaban J connectivity index is 1.68. The van der Waals surface area contributed by atoms with E-state index in [9.17, 15) is 5.11 Å². The molecule has 0 atom stereocenters. The van der Waals surface area contributed by atoms with Crippen molar-refractivity contribution in [2.24, 2.45) is 0 Å². The minimum atomic E-state index is 0.269. The summed E-state index contributed by atoms with van der Waals surface area (Å²) in [6, 6.07) is 15.2. The molecule has 1 N–H and O–H groups in total. The van der Waals surface area contributed by atoms with Gasteiger partial charge in [0, 0.05) is 18.8 Å². The summed E-state index contributed by atoms with van der Waals surface area (Å²) >= 11 is 0. The molecule has 1 aromatic heterocycles. The van der Waals surface area contributed by atoms with E-state index in [2.05, 4.69) is 4.98 Å². The number of aromatic hydroxyl groups is 1. The molecule has 0 aliphatic rings. The number of rotatable bonds is 4. The number of nitrogens with zero attached hydrogens (tertiary/aromatic N) is 1. The molecule has 0 radical (unpaired) electrons. The zero-order valence-electron chi connectivity index (χ0n) is 11.0. The standard InChI is InChI=1S/C17H15NO2/c19-16-5-3-14-4-6-17(11-15(14)10-16)20-9-7-13-2-1-8-18-12-13/h1-6,8,10-12,19H,7,9H2. The van der Waals surface area contributed by atoms with Gasteiger partial charge in [0.15, 0.2) is 0 Å². The molecular formula is C17H15NO2. The quantitative estimate of drug-likeness (QED) is 0.784. The van der Waals surface area contributed by atoms with E-state index in [1.165, 1.54) is 0 Å². The summed E-state index contributed by atoms with van der Waals surface area (Å²) < 4.78 is 5.75. The third kappa shape index (κ3) is 2.88. The van der Waals surface area contributed by atoms with Gasteiger partial charge in [-0.2, -0.15) is 0 Å². The van der Waals surface area contributed by atoms with E-state index in [4.69, 9.17) is 4.74 Å². The van der Waals surface area contributed by atoms with Crippen LogP contribution in [0.4, 0.5) is 0 Å². The first-order chi connectivity index (χ1) is 9.81. The molecule has 0 saturated carbocycles. The minimum absolute atomic E-state index is 0.269. The number of fused-ring (bicyclic) bond motifs is 1. The number of aromatic nitrogens is 1. The van der Waals surface area contributed by atoms with E-state index < -0.39 is 0 Å². The van der Waals surface area contributed by atoms with Crippen molar-refractivity contribution in [1.29, 1.82) is 0 Å². The van der Waals surface area contributed by atoms with E-state index in [1.807, 2.05) is 42.6 Å². The molecule has 1 heterocycles. The van der Waals surface area contributed by atoms with Crippen LogP contribution >= 0.6 is 0 Å². The first-order valence-corrected chi connectivity index (χ1v) is 6.56. The lowest BCUT2D eigenvalue weighted by molar-refractivity contribution is 0.322. The fraction of sp³-hybridized carbons (Fsp3) is 0.118. The summed E-state index contributed by atoms with van der Waals surface area (Å²) in [5.41, 5.74) is 1.16. The Morgan fingerprint density at radius 3 is 2.75 bits per heavy atom. The second kappa shape index (κ2) is 5.61. The molecule has 0 fully saturated rings. The van der Waals surface area contributed by atoms with E-state index in [0.717, 1.165) is 28.5 Å². The van der Waals surface area contributed by atoms with Crippen LogP contribution in [0.1, 0.15) is 5.56 Å². The van der Waals surface area contributed by atoms with Gasteiger partial charge in [0.05, 0.1) is 6.61 Å². The third-order valence-corrected chi connectivity index (χ3v) is 3.18. The Morgan fingerprint density at radius 2 is 1.90 bits per heavy atom. The predicted molar refractivity (Wildman–Crippen MR) is 79.0 cm³/mol. The second-order valence-electron chi connectivity index (χ2n) is 4.65. The molecular weight excluding hydrogens is 250 g/mol. The molecule has 0 unspecified atom stereocenters. The van der Waals surface area contributed by atoms with Gasteiger partial charge < -0.3 is 9.84 Å². The SMILES string of the molecule is Oc1ccc2ccc(OCCc3cccnc3)cc2c1. The van der Waals surface area contributed by atoms with Crippen LogP contribution in [0, 0.1) is 0 Å². The molecule has 0 saturated heterocycles. The van der Waals surface area contributed by atoms with E-state index in [0.29, 0.717) is 6.61 Å². The fourth-order valence-electron chi connectivity index (χ4n) is 2.13. The predicted octanol–water partition coefficient (Wildman–Crippen LogP) is 3.56. The number of pyridine rings is 1. The summed E-state index contributed by atoms with van der Waals surface area (Å²) in [5.74, 6) is 1.08. The highest BCUT2D eigenvalue weighted by Crippen LogP contribution is 2.24. The molecule has 0 spiro atoms. The van der Waals surface area contributed by atoms with Gasteiger partial charge >= 0.3 is 0 Å². The van der Waals surface area contributed by atoms with Gasteiger partial charge in [0.2, 0.25) is 0 Å². The monoisotopic (exact) mass is 265 g/mol. The van der Waals surface area contributed by atoms with Crippen LogP contribution in [0.2, 0.25) is 0 Å². The van der Waals surface area contributed by atoms with Crippen molar-refractivity contribution in [2.75, 3.05) is 6.61 Å². The molecule has 0 aliphatic heterocycles. The average molecular weight is 265 g/mol. The van der Waals surface area contributed by atoms with Crippen molar-refractivity contribution in [3.63, 3.8) is 0 Å². The highest BCUT2D eigenvalue weighted by molar-refractivity contribution is 5.85. The maximum atomic E-state index is 9.50. The summed E-state index contributed by atoms with van der Waals surface area (Å²) in [6.07, 6.45) is 4.44. The van der Waals surface area contributed by atoms with Crippen LogP contribution in [0.25, 0.3) is 10.8 Å². The zero-order chi connectivity index (χ0) is 13.8. The number of hydrogen-bond donors (Lipinski definition) is 1. The summed E-state index contributed by atoms with van der Waals surface area (Å²) in [6.45, 7) is 0.607. The number of phenolic OH excluding ortho intramolecular Hbond substituents is 1. The van der Waals surface area contributed by atoms with E-state index >= 15 is 0 Å². The van der Waals surface area contributed by atoms with Crippen LogP contribution in [-0.2, 0) is 6.42 Å². The molecule has 20 heavy (non-hydrogen) atoms. The van der Waals surface area contributed by atoms with Crippen molar-refractivity contribution in [3.8, 4) is 11.5 Å². The third-order valence-electron chi connectivity index (χ3n) is 3.18. The van der Waals surface area contributed by atoms with Crippen LogP contribution < -0.4 is 4.74 Å². The highest BCUT2D eigenvalue weighted by Gasteiger charge is 1.99. The lowest BCUT2D eigenvalue weighted by atomic mass is 10.1. The number of benzene rings is 2. The second-order valence-corrected chi connectivity index (χ2v) is 4.65. The van der Waals surface area contributed by atoms with Crippen LogP contribution in [0.15, 0.2) is 60.9 Å². The molecule has 3 heteroatoms. The topological polar surface area (TPSA) is 42.4 Å². The summed E-state index contributed by atoms with van der Waals surface area (Å²) in [4.78, 5) is 4.08. The van der Waals surface area contributed by atoms with Crippen LogP contribution in [0.5, 0.6) is 11.5 Å². The van der Waals surface area contributed by atoms with Crippen molar-refractivity contribution in [1.82, 2.24) is 4.98 Å². The largest absolute Gasteiger partial charge is 0.508 e. The Labute approximate surface area is 117 Å². The Hall–Kier alpha value is -2.55. The zero-order valence-corrected chi connectivity index (χ0v) is 11.0. The van der Waals surface area contributed by atoms with Gasteiger partial charge in [-0.05, 0) is 46.7 Å². The maximum absolute atomic E-state index is 9.50. The van der Waals surface area contributed by atoms with Gasteiger partial charge in [-0.25, -0.2) is 0 Å². The minimum Gasteiger partial charge on any atom is -0.508 e. The van der Waals surface area contributed by atoms with Crippen molar-refractivity contribution in [2.45, 2.75) is 6.42 Å². The van der Waals surface area contributed by atoms with E-state index in [-0.39, 0.29) is 5.75 Å². The molecule has 0 bridgehead atoms. The number of phenols is 1. The smallest absolute Gasteiger partial charge is 0.119 e. The molecule has 0 aliphatic carbocycles. The molecule has 100 valence electrons. The lowest BCUT2D eigenvalue weighted by Crippen LogP contribution is -2.01. The molecule has 3 rings (SSSR count). The highest BCUT2D eigenvalue weighted by atomic mass is 16.5. The lowest BCUT2D eigenvalue weighted by Gasteiger charge is -2.07. The van der Waals surface area contributed by atoms with Gasteiger partial charge in [0.25, 0.3) is 0 Å². The van der Waals surface area contributed by atoms with Crippen molar-refractivity contribution >= 4 is 10.8 Å².